The van der Waals surface area contributed by atoms with Gasteiger partial charge in [-0.2, -0.15) is 0 Å². The highest BCUT2D eigenvalue weighted by Crippen LogP contribution is 2.32. The van der Waals surface area contributed by atoms with Gasteiger partial charge in [0.2, 0.25) is 0 Å². The van der Waals surface area contributed by atoms with E-state index in [1.54, 1.807) is 6.07 Å². The first-order valence-electron chi connectivity index (χ1n) is 6.25. The number of para-hydroxylation sites is 1. The summed E-state index contributed by atoms with van der Waals surface area (Å²) in [4.78, 5) is 2.31. The number of rotatable bonds is 3. The normalized spacial score (nSPS) is 15.9. The lowest BCUT2D eigenvalue weighted by atomic mass is 9.86. The summed E-state index contributed by atoms with van der Waals surface area (Å²) in [6.45, 7) is 11.1. The molecule has 2 atom stereocenters. The number of benzene rings is 1. The van der Waals surface area contributed by atoms with Gasteiger partial charge in [-0.1, -0.05) is 39.0 Å². The maximum Gasteiger partial charge on any atom is 0.120 e. The Labute approximate surface area is 105 Å². The van der Waals surface area contributed by atoms with E-state index in [4.69, 9.17) is 0 Å². The van der Waals surface area contributed by atoms with Crippen LogP contribution in [0.2, 0.25) is 0 Å². The highest BCUT2D eigenvalue weighted by Gasteiger charge is 2.28. The molecule has 1 rings (SSSR count). The minimum absolute atomic E-state index is 0.213. The third-order valence-electron chi connectivity index (χ3n) is 3.86. The summed E-state index contributed by atoms with van der Waals surface area (Å²) in [6, 6.07) is 8.23. The largest absolute Gasteiger partial charge is 0.508 e. The molecule has 2 heteroatoms. The quantitative estimate of drug-likeness (QED) is 0.861. The molecule has 96 valence electrons. The minimum Gasteiger partial charge on any atom is -0.508 e. The number of aromatic hydroxyl groups is 1. The second-order valence-electron chi connectivity index (χ2n) is 5.94. The molecule has 0 aliphatic heterocycles. The van der Waals surface area contributed by atoms with Crippen molar-refractivity contribution in [3.63, 3.8) is 0 Å². The van der Waals surface area contributed by atoms with Gasteiger partial charge in [0.15, 0.2) is 0 Å². The van der Waals surface area contributed by atoms with Crippen molar-refractivity contribution in [2.75, 3.05) is 7.05 Å². The van der Waals surface area contributed by atoms with Crippen molar-refractivity contribution < 1.29 is 5.11 Å². The molecule has 2 unspecified atom stereocenters. The van der Waals surface area contributed by atoms with Crippen LogP contribution in [0, 0.1) is 5.41 Å². The zero-order chi connectivity index (χ0) is 13.2. The fourth-order valence-corrected chi connectivity index (χ4v) is 2.01. The van der Waals surface area contributed by atoms with E-state index in [0.29, 0.717) is 11.8 Å². The molecule has 2 nitrogen and oxygen atoms in total. The predicted octanol–water partition coefficient (Wildman–Crippen LogP) is 3.82. The second-order valence-corrected chi connectivity index (χ2v) is 5.94. The number of hydrogen-bond donors (Lipinski definition) is 1. The summed E-state index contributed by atoms with van der Waals surface area (Å²) in [7, 11) is 2.12. The molecule has 0 radical (unpaired) electrons. The maximum atomic E-state index is 9.89. The molecule has 17 heavy (non-hydrogen) atoms. The Hall–Kier alpha value is -1.02. The summed E-state index contributed by atoms with van der Waals surface area (Å²) in [5.74, 6) is 0.382. The van der Waals surface area contributed by atoms with E-state index in [9.17, 15) is 5.11 Å². The molecule has 0 amide bonds. The fourth-order valence-electron chi connectivity index (χ4n) is 2.01. The molecule has 0 aliphatic carbocycles. The average molecular weight is 235 g/mol. The van der Waals surface area contributed by atoms with E-state index >= 15 is 0 Å². The lowest BCUT2D eigenvalue weighted by Gasteiger charge is -2.39. The summed E-state index contributed by atoms with van der Waals surface area (Å²) >= 11 is 0. The Kier molecular flexibility index (Phi) is 4.21. The van der Waals surface area contributed by atoms with Crippen LogP contribution in [0.15, 0.2) is 24.3 Å². The van der Waals surface area contributed by atoms with Crippen LogP contribution < -0.4 is 0 Å². The number of nitrogens with zero attached hydrogens (tertiary/aromatic N) is 1. The van der Waals surface area contributed by atoms with Gasteiger partial charge in [-0.3, -0.25) is 4.90 Å². The first kappa shape index (κ1) is 14.0. The molecule has 0 fully saturated rings. The summed E-state index contributed by atoms with van der Waals surface area (Å²) in [5.41, 5.74) is 1.22. The zero-order valence-corrected chi connectivity index (χ0v) is 11.9. The molecular formula is C15H25NO. The van der Waals surface area contributed by atoms with Crippen molar-refractivity contribution in [1.29, 1.82) is 0 Å². The molecule has 0 saturated carbocycles. The molecule has 1 aromatic carbocycles. The smallest absolute Gasteiger partial charge is 0.120 e. The molecule has 0 spiro atoms. The third-order valence-corrected chi connectivity index (χ3v) is 3.86. The molecule has 1 N–H and O–H groups in total. The van der Waals surface area contributed by atoms with Crippen LogP contribution in [0.3, 0.4) is 0 Å². The van der Waals surface area contributed by atoms with Crippen molar-refractivity contribution in [3.05, 3.63) is 29.8 Å². The maximum absolute atomic E-state index is 9.89. The number of phenolic OH excluding ortho intramolecular Hbond substituents is 1. The van der Waals surface area contributed by atoms with Gasteiger partial charge < -0.3 is 5.11 Å². The van der Waals surface area contributed by atoms with Gasteiger partial charge in [0.25, 0.3) is 0 Å². The highest BCUT2D eigenvalue weighted by molar-refractivity contribution is 5.34. The van der Waals surface area contributed by atoms with E-state index in [2.05, 4.69) is 46.6 Å². The fraction of sp³-hybridized carbons (Fsp3) is 0.600. The Balaban J connectivity index is 2.91. The zero-order valence-electron chi connectivity index (χ0n) is 11.9. The molecular weight excluding hydrogens is 210 g/mol. The lowest BCUT2D eigenvalue weighted by Crippen LogP contribution is -2.40. The van der Waals surface area contributed by atoms with Crippen molar-refractivity contribution in [1.82, 2.24) is 4.90 Å². The van der Waals surface area contributed by atoms with Gasteiger partial charge in [-0.15, -0.1) is 0 Å². The third kappa shape index (κ3) is 3.22. The molecule has 0 saturated heterocycles. The number of hydrogen-bond acceptors (Lipinski definition) is 2. The van der Waals surface area contributed by atoms with Crippen LogP contribution in [0.5, 0.6) is 5.75 Å². The van der Waals surface area contributed by atoms with Gasteiger partial charge in [-0.25, -0.2) is 0 Å². The van der Waals surface area contributed by atoms with E-state index in [1.807, 2.05) is 18.2 Å². The molecule has 0 bridgehead atoms. The standard InChI is InChI=1S/C15H25NO/c1-11(13-9-7-8-10-14(13)17)16(6)12(2)15(3,4)5/h7-12,17H,1-6H3. The van der Waals surface area contributed by atoms with E-state index in [1.165, 1.54) is 0 Å². The van der Waals surface area contributed by atoms with Crippen LogP contribution in [0.1, 0.15) is 46.2 Å². The average Bonchev–Trinajstić information content (AvgIpc) is 2.25. The van der Waals surface area contributed by atoms with E-state index in [0.717, 1.165) is 5.56 Å². The first-order valence-corrected chi connectivity index (χ1v) is 6.25. The van der Waals surface area contributed by atoms with Gasteiger partial charge >= 0.3 is 0 Å². The summed E-state index contributed by atoms with van der Waals surface area (Å²) in [5, 5.41) is 9.89. The van der Waals surface area contributed by atoms with Gasteiger partial charge in [0.1, 0.15) is 5.75 Å². The van der Waals surface area contributed by atoms with E-state index in [-0.39, 0.29) is 11.5 Å². The first-order chi connectivity index (χ1) is 7.75. The van der Waals surface area contributed by atoms with Crippen LogP contribution >= 0.6 is 0 Å². The topological polar surface area (TPSA) is 23.5 Å². The summed E-state index contributed by atoms with van der Waals surface area (Å²) in [6.07, 6.45) is 0. The Morgan fingerprint density at radius 1 is 1.12 bits per heavy atom. The SMILES string of the molecule is CC(c1ccccc1O)N(C)C(C)C(C)(C)C. The lowest BCUT2D eigenvalue weighted by molar-refractivity contribution is 0.103. The minimum atomic E-state index is 0.213. The Morgan fingerprint density at radius 2 is 1.65 bits per heavy atom. The van der Waals surface area contributed by atoms with Gasteiger partial charge in [0.05, 0.1) is 0 Å². The molecule has 0 aromatic heterocycles. The van der Waals surface area contributed by atoms with Crippen molar-refractivity contribution in [3.8, 4) is 5.75 Å². The Bertz CT molecular complexity index is 367. The predicted molar refractivity (Wildman–Crippen MR) is 73.2 cm³/mol. The van der Waals surface area contributed by atoms with Gasteiger partial charge in [-0.05, 0) is 32.4 Å². The van der Waals surface area contributed by atoms with Crippen LogP contribution in [-0.4, -0.2) is 23.1 Å². The molecule has 0 heterocycles. The van der Waals surface area contributed by atoms with Crippen LogP contribution in [-0.2, 0) is 0 Å². The van der Waals surface area contributed by atoms with E-state index < -0.39 is 0 Å². The Morgan fingerprint density at radius 3 is 2.12 bits per heavy atom. The monoisotopic (exact) mass is 235 g/mol. The number of phenols is 1. The van der Waals surface area contributed by atoms with Crippen molar-refractivity contribution >= 4 is 0 Å². The second kappa shape index (κ2) is 5.09. The van der Waals surface area contributed by atoms with Crippen molar-refractivity contribution in [2.45, 2.75) is 46.7 Å². The van der Waals surface area contributed by atoms with Crippen LogP contribution in [0.4, 0.5) is 0 Å². The van der Waals surface area contributed by atoms with Crippen LogP contribution in [0.25, 0.3) is 0 Å². The van der Waals surface area contributed by atoms with Gasteiger partial charge in [0, 0.05) is 17.6 Å². The van der Waals surface area contributed by atoms with Crippen molar-refractivity contribution in [2.24, 2.45) is 5.41 Å². The summed E-state index contributed by atoms with van der Waals surface area (Å²) < 4.78 is 0. The molecule has 0 aliphatic rings. The highest BCUT2D eigenvalue weighted by atomic mass is 16.3. The molecule has 1 aromatic rings.